The molecule has 20 heavy (non-hydrogen) atoms. The molecule has 1 atom stereocenters. The van der Waals surface area contributed by atoms with E-state index in [0.29, 0.717) is 0 Å². The standard InChI is InChI=1S/C18H22BrCl/c1-2-3-4-5-8-14-18(19,20)17-13-9-11-15-10-6-7-12-16(15)17/h6-7,9-13H,2-5,8,14H2,1H3. The molecule has 0 amide bonds. The van der Waals surface area contributed by atoms with Gasteiger partial charge in [0.2, 0.25) is 0 Å². The highest BCUT2D eigenvalue weighted by molar-refractivity contribution is 9.10. The van der Waals surface area contributed by atoms with Crippen molar-refractivity contribution >= 4 is 38.3 Å². The van der Waals surface area contributed by atoms with Gasteiger partial charge < -0.3 is 0 Å². The Kier molecular flexibility index (Phi) is 5.92. The quantitative estimate of drug-likeness (QED) is 0.372. The smallest absolute Gasteiger partial charge is 0.101 e. The second-order valence-electron chi connectivity index (χ2n) is 5.40. The van der Waals surface area contributed by atoms with Gasteiger partial charge in [-0.2, -0.15) is 0 Å². The van der Waals surface area contributed by atoms with Gasteiger partial charge in [-0.05, 0) is 22.8 Å². The van der Waals surface area contributed by atoms with Crippen LogP contribution < -0.4 is 0 Å². The van der Waals surface area contributed by atoms with Crippen molar-refractivity contribution in [3.63, 3.8) is 0 Å². The van der Waals surface area contributed by atoms with Gasteiger partial charge in [0, 0.05) is 0 Å². The largest absolute Gasteiger partial charge is 0.125 e. The van der Waals surface area contributed by atoms with E-state index in [9.17, 15) is 0 Å². The summed E-state index contributed by atoms with van der Waals surface area (Å²) in [5, 5.41) is 2.50. The Bertz CT molecular complexity index is 543. The minimum atomic E-state index is -0.444. The summed E-state index contributed by atoms with van der Waals surface area (Å²) >= 11 is 10.5. The molecule has 0 N–H and O–H groups in total. The van der Waals surface area contributed by atoms with E-state index < -0.39 is 3.78 Å². The zero-order valence-electron chi connectivity index (χ0n) is 12.0. The Morgan fingerprint density at radius 3 is 2.45 bits per heavy atom. The number of hydrogen-bond donors (Lipinski definition) is 0. The molecule has 1 unspecified atom stereocenters. The van der Waals surface area contributed by atoms with Crippen LogP contribution in [0.3, 0.4) is 0 Å². The van der Waals surface area contributed by atoms with Gasteiger partial charge in [0.25, 0.3) is 0 Å². The molecule has 0 aliphatic carbocycles. The van der Waals surface area contributed by atoms with E-state index in [2.05, 4.69) is 65.3 Å². The van der Waals surface area contributed by atoms with Crippen molar-refractivity contribution < 1.29 is 0 Å². The Morgan fingerprint density at radius 1 is 0.950 bits per heavy atom. The SMILES string of the molecule is CCCCCCCC(Cl)(Br)c1cccc2ccccc12. The van der Waals surface area contributed by atoms with Crippen LogP contribution in [0.25, 0.3) is 10.8 Å². The third kappa shape index (κ3) is 3.99. The number of unbranched alkanes of at least 4 members (excludes halogenated alkanes) is 4. The van der Waals surface area contributed by atoms with Crippen molar-refractivity contribution in [2.24, 2.45) is 0 Å². The van der Waals surface area contributed by atoms with Gasteiger partial charge in [-0.3, -0.25) is 0 Å². The van der Waals surface area contributed by atoms with Crippen molar-refractivity contribution in [3.8, 4) is 0 Å². The first kappa shape index (κ1) is 15.9. The maximum absolute atomic E-state index is 6.77. The van der Waals surface area contributed by atoms with Crippen molar-refractivity contribution in [1.82, 2.24) is 0 Å². The molecule has 0 fully saturated rings. The predicted molar refractivity (Wildman–Crippen MR) is 93.8 cm³/mol. The van der Waals surface area contributed by atoms with Gasteiger partial charge in [0.15, 0.2) is 0 Å². The van der Waals surface area contributed by atoms with Crippen LogP contribution in [-0.4, -0.2) is 0 Å². The lowest BCUT2D eigenvalue weighted by atomic mass is 9.98. The fraction of sp³-hybridized carbons (Fsp3) is 0.444. The van der Waals surface area contributed by atoms with Crippen LogP contribution in [0.5, 0.6) is 0 Å². The normalized spacial score (nSPS) is 14.3. The predicted octanol–water partition coefficient (Wildman–Crippen LogP) is 6.99. The fourth-order valence-corrected chi connectivity index (χ4v) is 3.55. The number of fused-ring (bicyclic) bond motifs is 1. The molecule has 0 bridgehead atoms. The molecule has 0 nitrogen and oxygen atoms in total. The summed E-state index contributed by atoms with van der Waals surface area (Å²) in [5.41, 5.74) is 1.19. The Hall–Kier alpha value is -0.530. The van der Waals surface area contributed by atoms with Gasteiger partial charge >= 0.3 is 0 Å². The fourth-order valence-electron chi connectivity index (χ4n) is 2.63. The molecule has 0 saturated heterocycles. The number of alkyl halides is 2. The Balaban J connectivity index is 2.11. The maximum Gasteiger partial charge on any atom is 0.125 e. The average molecular weight is 354 g/mol. The van der Waals surface area contributed by atoms with Gasteiger partial charge in [-0.25, -0.2) is 0 Å². The molecule has 0 spiro atoms. The molecule has 2 aromatic carbocycles. The first-order chi connectivity index (χ1) is 9.65. The minimum absolute atomic E-state index is 0.444. The number of hydrogen-bond acceptors (Lipinski definition) is 0. The molecule has 0 aliphatic rings. The lowest BCUT2D eigenvalue weighted by molar-refractivity contribution is 0.592. The minimum Gasteiger partial charge on any atom is -0.101 e. The number of benzene rings is 2. The lowest BCUT2D eigenvalue weighted by Gasteiger charge is -2.22. The van der Waals surface area contributed by atoms with Crippen LogP contribution in [0.1, 0.15) is 51.0 Å². The Labute approximate surface area is 135 Å². The van der Waals surface area contributed by atoms with Gasteiger partial charge in [-0.1, -0.05) is 97.4 Å². The van der Waals surface area contributed by atoms with Gasteiger partial charge in [0.05, 0.1) is 0 Å². The van der Waals surface area contributed by atoms with E-state index in [1.165, 1.54) is 42.0 Å². The topological polar surface area (TPSA) is 0 Å². The first-order valence-corrected chi connectivity index (χ1v) is 8.68. The molecule has 0 aromatic heterocycles. The lowest BCUT2D eigenvalue weighted by Crippen LogP contribution is -2.10. The van der Waals surface area contributed by atoms with E-state index in [1.807, 2.05) is 0 Å². The molecule has 0 aliphatic heterocycles. The van der Waals surface area contributed by atoms with E-state index >= 15 is 0 Å². The summed E-state index contributed by atoms with van der Waals surface area (Å²) in [6, 6.07) is 14.8. The zero-order valence-corrected chi connectivity index (χ0v) is 14.4. The molecule has 0 heterocycles. The van der Waals surface area contributed by atoms with Crippen LogP contribution >= 0.6 is 27.5 Å². The van der Waals surface area contributed by atoms with Crippen LogP contribution in [0.2, 0.25) is 0 Å². The zero-order chi connectivity index (χ0) is 14.4. The molecule has 0 saturated carbocycles. The van der Waals surface area contributed by atoms with Gasteiger partial charge in [0.1, 0.15) is 3.78 Å². The van der Waals surface area contributed by atoms with Crippen LogP contribution in [0.4, 0.5) is 0 Å². The van der Waals surface area contributed by atoms with Crippen molar-refractivity contribution in [3.05, 3.63) is 48.0 Å². The van der Waals surface area contributed by atoms with Crippen LogP contribution in [0.15, 0.2) is 42.5 Å². The summed E-state index contributed by atoms with van der Waals surface area (Å²) < 4.78 is -0.444. The highest BCUT2D eigenvalue weighted by atomic mass is 79.9. The third-order valence-electron chi connectivity index (χ3n) is 3.78. The molecule has 0 radical (unpaired) electrons. The van der Waals surface area contributed by atoms with E-state index in [0.717, 1.165) is 12.8 Å². The molecule has 2 aromatic rings. The second kappa shape index (κ2) is 7.47. The summed E-state index contributed by atoms with van der Waals surface area (Å²) in [4.78, 5) is 0. The van der Waals surface area contributed by atoms with Crippen LogP contribution in [-0.2, 0) is 3.78 Å². The van der Waals surface area contributed by atoms with E-state index in [-0.39, 0.29) is 0 Å². The van der Waals surface area contributed by atoms with Gasteiger partial charge in [-0.15, -0.1) is 11.6 Å². The summed E-state index contributed by atoms with van der Waals surface area (Å²) in [5.74, 6) is 0. The summed E-state index contributed by atoms with van der Waals surface area (Å²) in [7, 11) is 0. The van der Waals surface area contributed by atoms with Crippen molar-refractivity contribution in [2.45, 2.75) is 49.2 Å². The number of halogens is 2. The molecule has 108 valence electrons. The third-order valence-corrected chi connectivity index (χ3v) is 4.99. The maximum atomic E-state index is 6.77. The first-order valence-electron chi connectivity index (χ1n) is 7.51. The van der Waals surface area contributed by atoms with E-state index in [1.54, 1.807) is 0 Å². The Morgan fingerprint density at radius 2 is 1.65 bits per heavy atom. The summed E-state index contributed by atoms with van der Waals surface area (Å²) in [6.07, 6.45) is 7.31. The molecule has 2 rings (SSSR count). The highest BCUT2D eigenvalue weighted by Crippen LogP contribution is 2.43. The van der Waals surface area contributed by atoms with Crippen LogP contribution in [0, 0.1) is 0 Å². The molecule has 2 heteroatoms. The average Bonchev–Trinajstić information content (AvgIpc) is 2.46. The molecular weight excluding hydrogens is 332 g/mol. The monoisotopic (exact) mass is 352 g/mol. The summed E-state index contributed by atoms with van der Waals surface area (Å²) in [6.45, 7) is 2.24. The van der Waals surface area contributed by atoms with Crippen molar-refractivity contribution in [2.75, 3.05) is 0 Å². The second-order valence-corrected chi connectivity index (χ2v) is 7.85. The highest BCUT2D eigenvalue weighted by Gasteiger charge is 2.26. The van der Waals surface area contributed by atoms with Crippen molar-refractivity contribution in [1.29, 1.82) is 0 Å². The van der Waals surface area contributed by atoms with E-state index in [4.69, 9.17) is 11.6 Å². The molecular formula is C18H22BrCl. The number of rotatable bonds is 7.